The molecule has 0 saturated heterocycles. The summed E-state index contributed by atoms with van der Waals surface area (Å²) in [5, 5.41) is 6.91. The van der Waals surface area contributed by atoms with Crippen molar-refractivity contribution < 1.29 is 9.63 Å². The molecule has 0 aliphatic carbocycles. The summed E-state index contributed by atoms with van der Waals surface area (Å²) in [7, 11) is 0. The lowest BCUT2D eigenvalue weighted by molar-refractivity contribution is 0.0491. The normalized spacial score (nSPS) is 10.3. The molecule has 0 fully saturated rings. The maximum atomic E-state index is 11.5. The molecule has 2 amide bonds. The van der Waals surface area contributed by atoms with Crippen LogP contribution >= 0.6 is 0 Å². The van der Waals surface area contributed by atoms with Gasteiger partial charge < -0.3 is 5.32 Å². The monoisotopic (exact) mass is 288 g/mol. The summed E-state index contributed by atoms with van der Waals surface area (Å²) in [4.78, 5) is 16.6. The highest BCUT2D eigenvalue weighted by atomic mass is 16.7. The number of carbonyl (C=O) groups excluding carboxylic acids is 1. The number of hydrogen-bond acceptors (Lipinski definition) is 3. The van der Waals surface area contributed by atoms with Crippen LogP contribution in [0.4, 0.5) is 4.79 Å². The summed E-state index contributed by atoms with van der Waals surface area (Å²) in [5.74, 6) is 0. The van der Waals surface area contributed by atoms with Crippen LogP contribution in [0.1, 0.15) is 17.5 Å². The molecule has 2 rings (SSSR count). The standard InChI is InChI=1S/C15H20N4O2/c1-13-10-17-19(11-13)9-5-8-16-15(20)18-21-12-14-6-3-2-4-7-14/h2-4,6-7,10-11H,5,8-9,12H2,1H3,(H2,16,18,20). The molecule has 1 heterocycles. The quantitative estimate of drug-likeness (QED) is 0.605. The fourth-order valence-corrected chi connectivity index (χ4v) is 1.83. The van der Waals surface area contributed by atoms with Gasteiger partial charge in [0.1, 0.15) is 0 Å². The van der Waals surface area contributed by atoms with Crippen molar-refractivity contribution in [2.45, 2.75) is 26.5 Å². The second kappa shape index (κ2) is 8.06. The Morgan fingerprint density at radius 3 is 2.86 bits per heavy atom. The number of urea groups is 1. The second-order valence-corrected chi connectivity index (χ2v) is 4.77. The van der Waals surface area contributed by atoms with E-state index in [0.717, 1.165) is 24.1 Å². The van der Waals surface area contributed by atoms with E-state index < -0.39 is 0 Å². The molecule has 6 nitrogen and oxygen atoms in total. The number of benzene rings is 1. The number of aryl methyl sites for hydroxylation is 2. The Balaban J connectivity index is 1.53. The van der Waals surface area contributed by atoms with Gasteiger partial charge in [-0.15, -0.1) is 0 Å². The zero-order valence-electron chi connectivity index (χ0n) is 12.1. The molecule has 1 aromatic heterocycles. The van der Waals surface area contributed by atoms with Gasteiger partial charge in [-0.1, -0.05) is 30.3 Å². The minimum Gasteiger partial charge on any atom is -0.336 e. The van der Waals surface area contributed by atoms with Crippen molar-refractivity contribution in [1.82, 2.24) is 20.6 Å². The van der Waals surface area contributed by atoms with Gasteiger partial charge in [0.15, 0.2) is 0 Å². The van der Waals surface area contributed by atoms with Crippen molar-refractivity contribution in [3.63, 3.8) is 0 Å². The SMILES string of the molecule is Cc1cnn(CCCNC(=O)NOCc2ccccc2)c1. The van der Waals surface area contributed by atoms with Crippen LogP contribution in [0.3, 0.4) is 0 Å². The molecule has 0 atom stereocenters. The van der Waals surface area contributed by atoms with Gasteiger partial charge in [-0.3, -0.25) is 9.52 Å². The molecule has 0 radical (unpaired) electrons. The van der Waals surface area contributed by atoms with Crippen molar-refractivity contribution >= 4 is 6.03 Å². The smallest absolute Gasteiger partial charge is 0.336 e. The summed E-state index contributed by atoms with van der Waals surface area (Å²) < 4.78 is 1.86. The Labute approximate surface area is 124 Å². The number of amides is 2. The molecule has 21 heavy (non-hydrogen) atoms. The number of hydroxylamine groups is 1. The van der Waals surface area contributed by atoms with Gasteiger partial charge >= 0.3 is 6.03 Å². The maximum Gasteiger partial charge on any atom is 0.338 e. The molecule has 2 aromatic rings. The van der Waals surface area contributed by atoms with Gasteiger partial charge in [-0.2, -0.15) is 5.10 Å². The van der Waals surface area contributed by atoms with Crippen LogP contribution in [-0.4, -0.2) is 22.4 Å². The van der Waals surface area contributed by atoms with E-state index in [4.69, 9.17) is 4.84 Å². The molecular formula is C15H20N4O2. The zero-order chi connectivity index (χ0) is 14.9. The molecule has 0 aliphatic heterocycles. The Morgan fingerprint density at radius 1 is 1.33 bits per heavy atom. The van der Waals surface area contributed by atoms with Gasteiger partial charge in [-0.05, 0) is 24.5 Å². The van der Waals surface area contributed by atoms with Crippen molar-refractivity contribution in [3.05, 3.63) is 53.9 Å². The number of rotatable bonds is 7. The van der Waals surface area contributed by atoms with E-state index in [9.17, 15) is 4.79 Å². The van der Waals surface area contributed by atoms with Crippen LogP contribution in [-0.2, 0) is 18.0 Å². The van der Waals surface area contributed by atoms with Crippen LogP contribution in [0.15, 0.2) is 42.7 Å². The van der Waals surface area contributed by atoms with Crippen molar-refractivity contribution in [2.75, 3.05) is 6.54 Å². The third kappa shape index (κ3) is 5.66. The van der Waals surface area contributed by atoms with Gasteiger partial charge in [0, 0.05) is 19.3 Å². The van der Waals surface area contributed by atoms with Crippen molar-refractivity contribution in [3.8, 4) is 0 Å². The third-order valence-electron chi connectivity index (χ3n) is 2.86. The van der Waals surface area contributed by atoms with Gasteiger partial charge in [0.25, 0.3) is 0 Å². The van der Waals surface area contributed by atoms with E-state index in [0.29, 0.717) is 13.2 Å². The number of aromatic nitrogens is 2. The Kier molecular flexibility index (Phi) is 5.78. The second-order valence-electron chi connectivity index (χ2n) is 4.77. The van der Waals surface area contributed by atoms with Crippen LogP contribution < -0.4 is 10.8 Å². The fourth-order valence-electron chi connectivity index (χ4n) is 1.83. The van der Waals surface area contributed by atoms with E-state index >= 15 is 0 Å². The summed E-state index contributed by atoms with van der Waals surface area (Å²) in [5.41, 5.74) is 4.50. The highest BCUT2D eigenvalue weighted by molar-refractivity contribution is 5.72. The molecule has 0 aliphatic rings. The van der Waals surface area contributed by atoms with Gasteiger partial charge in [0.2, 0.25) is 0 Å². The molecule has 2 N–H and O–H groups in total. The first-order valence-electron chi connectivity index (χ1n) is 6.92. The summed E-state index contributed by atoms with van der Waals surface area (Å²) in [6.07, 6.45) is 4.60. The van der Waals surface area contributed by atoms with Crippen LogP contribution in [0.25, 0.3) is 0 Å². The molecular weight excluding hydrogens is 268 g/mol. The fraction of sp³-hybridized carbons (Fsp3) is 0.333. The number of carbonyl (C=O) groups is 1. The number of nitrogens with zero attached hydrogens (tertiary/aromatic N) is 2. The van der Waals surface area contributed by atoms with Crippen LogP contribution in [0.2, 0.25) is 0 Å². The van der Waals surface area contributed by atoms with Crippen LogP contribution in [0.5, 0.6) is 0 Å². The maximum absolute atomic E-state index is 11.5. The van der Waals surface area contributed by atoms with E-state index in [2.05, 4.69) is 15.9 Å². The highest BCUT2D eigenvalue weighted by Crippen LogP contribution is 1.99. The van der Waals surface area contributed by atoms with Gasteiger partial charge in [0.05, 0.1) is 12.8 Å². The van der Waals surface area contributed by atoms with E-state index in [1.54, 1.807) is 0 Å². The summed E-state index contributed by atoms with van der Waals surface area (Å²) >= 11 is 0. The molecule has 1 aromatic carbocycles. The summed E-state index contributed by atoms with van der Waals surface area (Å²) in [6, 6.07) is 9.33. The minimum absolute atomic E-state index is 0.331. The lowest BCUT2D eigenvalue weighted by Gasteiger charge is -2.08. The Morgan fingerprint density at radius 2 is 2.14 bits per heavy atom. The molecule has 112 valence electrons. The first-order valence-corrected chi connectivity index (χ1v) is 6.92. The first-order chi connectivity index (χ1) is 10.2. The lowest BCUT2D eigenvalue weighted by atomic mass is 10.2. The van der Waals surface area contributed by atoms with E-state index in [1.807, 2.05) is 54.3 Å². The number of nitrogens with one attached hydrogen (secondary N) is 2. The highest BCUT2D eigenvalue weighted by Gasteiger charge is 2.00. The third-order valence-corrected chi connectivity index (χ3v) is 2.86. The molecule has 0 saturated carbocycles. The average Bonchev–Trinajstić information content (AvgIpc) is 2.90. The molecule has 6 heteroatoms. The van der Waals surface area contributed by atoms with E-state index in [1.165, 1.54) is 0 Å². The van der Waals surface area contributed by atoms with Gasteiger partial charge in [-0.25, -0.2) is 10.3 Å². The minimum atomic E-state index is -0.331. The van der Waals surface area contributed by atoms with Crippen molar-refractivity contribution in [2.24, 2.45) is 0 Å². The average molecular weight is 288 g/mol. The van der Waals surface area contributed by atoms with Crippen molar-refractivity contribution in [1.29, 1.82) is 0 Å². The predicted octanol–water partition coefficient (Wildman–Crippen LogP) is 2.01. The molecule has 0 bridgehead atoms. The molecule has 0 spiro atoms. The summed E-state index contributed by atoms with van der Waals surface area (Å²) in [6.45, 7) is 3.69. The molecule has 0 unspecified atom stereocenters. The first kappa shape index (κ1) is 15.1. The zero-order valence-corrected chi connectivity index (χ0v) is 12.1. The van der Waals surface area contributed by atoms with Crippen LogP contribution in [0, 0.1) is 6.92 Å². The Bertz CT molecular complexity index is 554. The predicted molar refractivity (Wildman–Crippen MR) is 79.3 cm³/mol. The number of hydrogen-bond donors (Lipinski definition) is 2. The van der Waals surface area contributed by atoms with E-state index in [-0.39, 0.29) is 6.03 Å². The largest absolute Gasteiger partial charge is 0.338 e. The lowest BCUT2D eigenvalue weighted by Crippen LogP contribution is -2.36. The topological polar surface area (TPSA) is 68.2 Å². The Hall–Kier alpha value is -2.34.